The number of anilines is 1. The molecule has 0 spiro atoms. The molecule has 0 aliphatic carbocycles. The molecule has 3 heterocycles. The molecule has 116 valence electrons. The third-order valence-corrected chi connectivity index (χ3v) is 5.02. The van der Waals surface area contributed by atoms with E-state index in [2.05, 4.69) is 16.3 Å². The summed E-state index contributed by atoms with van der Waals surface area (Å²) < 4.78 is 0. The van der Waals surface area contributed by atoms with Crippen LogP contribution in [0.2, 0.25) is 0 Å². The van der Waals surface area contributed by atoms with Gasteiger partial charge >= 0.3 is 0 Å². The van der Waals surface area contributed by atoms with E-state index in [1.807, 2.05) is 36.6 Å². The summed E-state index contributed by atoms with van der Waals surface area (Å²) in [4.78, 5) is 23.6. The third kappa shape index (κ3) is 2.61. The molecule has 2 aromatic heterocycles. The minimum atomic E-state index is 0.0575. The van der Waals surface area contributed by atoms with Crippen molar-refractivity contribution in [2.75, 3.05) is 18.0 Å². The average molecular weight is 323 g/mol. The fourth-order valence-electron chi connectivity index (χ4n) is 3.03. The molecule has 1 saturated heterocycles. The maximum Gasteiger partial charge on any atom is 0.162 e. The molecule has 4 nitrogen and oxygen atoms in total. The van der Waals surface area contributed by atoms with E-state index in [4.69, 9.17) is 9.97 Å². The Morgan fingerprint density at radius 3 is 2.87 bits per heavy atom. The van der Waals surface area contributed by atoms with Crippen LogP contribution in [0.1, 0.15) is 13.3 Å². The number of nitrogens with zero attached hydrogens (tertiary/aromatic N) is 3. The van der Waals surface area contributed by atoms with Gasteiger partial charge < -0.3 is 4.90 Å². The number of carbonyl (C=O) groups is 1. The quantitative estimate of drug-likeness (QED) is 0.720. The molecule has 0 N–H and O–H groups in total. The van der Waals surface area contributed by atoms with Crippen LogP contribution in [-0.2, 0) is 4.79 Å². The summed E-state index contributed by atoms with van der Waals surface area (Å²) in [5.41, 5.74) is 1.99. The SMILES string of the molecule is CC1CN(c2nc(-c3ccsc3)nc3ccccc23)CCC1=O. The van der Waals surface area contributed by atoms with E-state index in [1.165, 1.54) is 0 Å². The number of fused-ring (bicyclic) bond motifs is 1. The van der Waals surface area contributed by atoms with Crippen molar-refractivity contribution in [1.29, 1.82) is 0 Å². The van der Waals surface area contributed by atoms with Gasteiger partial charge in [-0.2, -0.15) is 11.3 Å². The maximum atomic E-state index is 11.8. The molecule has 3 aromatic rings. The van der Waals surface area contributed by atoms with Crippen molar-refractivity contribution in [3.8, 4) is 11.4 Å². The summed E-state index contributed by atoms with van der Waals surface area (Å²) in [6, 6.07) is 10.1. The molecule has 1 unspecified atom stereocenters. The average Bonchev–Trinajstić information content (AvgIpc) is 3.11. The van der Waals surface area contributed by atoms with Gasteiger partial charge in [-0.3, -0.25) is 4.79 Å². The lowest BCUT2D eigenvalue weighted by Crippen LogP contribution is -2.40. The summed E-state index contributed by atoms with van der Waals surface area (Å²) in [6.07, 6.45) is 0.591. The van der Waals surface area contributed by atoms with Gasteiger partial charge in [-0.1, -0.05) is 19.1 Å². The number of benzene rings is 1. The van der Waals surface area contributed by atoms with E-state index in [0.29, 0.717) is 12.2 Å². The Morgan fingerprint density at radius 1 is 1.22 bits per heavy atom. The largest absolute Gasteiger partial charge is 0.355 e. The second-order valence-electron chi connectivity index (χ2n) is 5.96. The molecule has 1 aliphatic rings. The molecule has 1 aliphatic heterocycles. The first-order chi connectivity index (χ1) is 11.2. The maximum absolute atomic E-state index is 11.8. The Morgan fingerprint density at radius 2 is 2.09 bits per heavy atom. The lowest BCUT2D eigenvalue weighted by atomic mass is 9.98. The molecule has 4 rings (SSSR count). The summed E-state index contributed by atoms with van der Waals surface area (Å²) in [6.45, 7) is 3.45. The topological polar surface area (TPSA) is 46.1 Å². The second-order valence-corrected chi connectivity index (χ2v) is 6.74. The van der Waals surface area contributed by atoms with Crippen LogP contribution in [0.15, 0.2) is 41.1 Å². The standard InChI is InChI=1S/C18H17N3OS/c1-12-10-21(8-6-16(12)22)18-14-4-2-3-5-15(14)19-17(20-18)13-7-9-23-11-13/h2-5,7,9,11-12H,6,8,10H2,1H3. The Kier molecular flexibility index (Phi) is 3.58. The molecule has 1 atom stereocenters. The van der Waals surface area contributed by atoms with Gasteiger partial charge in [0, 0.05) is 41.8 Å². The summed E-state index contributed by atoms with van der Waals surface area (Å²) >= 11 is 1.64. The van der Waals surface area contributed by atoms with Crippen molar-refractivity contribution in [2.45, 2.75) is 13.3 Å². The van der Waals surface area contributed by atoms with E-state index in [1.54, 1.807) is 11.3 Å². The van der Waals surface area contributed by atoms with Gasteiger partial charge in [0.25, 0.3) is 0 Å². The molecule has 0 bridgehead atoms. The highest BCUT2D eigenvalue weighted by molar-refractivity contribution is 7.08. The van der Waals surface area contributed by atoms with Gasteiger partial charge in [-0.15, -0.1) is 0 Å². The highest BCUT2D eigenvalue weighted by Gasteiger charge is 2.26. The molecule has 0 saturated carbocycles. The number of rotatable bonds is 2. The van der Waals surface area contributed by atoms with Crippen molar-refractivity contribution < 1.29 is 4.79 Å². The zero-order valence-electron chi connectivity index (χ0n) is 12.9. The molecule has 1 aromatic carbocycles. The summed E-state index contributed by atoms with van der Waals surface area (Å²) in [5.74, 6) is 2.10. The van der Waals surface area contributed by atoms with E-state index >= 15 is 0 Å². The highest BCUT2D eigenvalue weighted by Crippen LogP contribution is 2.30. The zero-order chi connectivity index (χ0) is 15.8. The predicted molar refractivity (Wildman–Crippen MR) is 93.9 cm³/mol. The number of ketones is 1. The van der Waals surface area contributed by atoms with E-state index in [-0.39, 0.29) is 5.92 Å². The number of carbonyl (C=O) groups excluding carboxylic acids is 1. The molecule has 0 amide bonds. The van der Waals surface area contributed by atoms with Crippen LogP contribution in [0.3, 0.4) is 0 Å². The normalized spacial score (nSPS) is 18.6. The van der Waals surface area contributed by atoms with Crippen molar-refractivity contribution in [2.24, 2.45) is 5.92 Å². The van der Waals surface area contributed by atoms with Crippen molar-refractivity contribution in [3.63, 3.8) is 0 Å². The molecular weight excluding hydrogens is 306 g/mol. The number of hydrogen-bond acceptors (Lipinski definition) is 5. The smallest absolute Gasteiger partial charge is 0.162 e. The van der Waals surface area contributed by atoms with E-state index in [9.17, 15) is 4.79 Å². The molecular formula is C18H17N3OS. The predicted octanol–water partition coefficient (Wildman–Crippen LogP) is 3.77. The third-order valence-electron chi connectivity index (χ3n) is 4.33. The Balaban J connectivity index is 1.85. The summed E-state index contributed by atoms with van der Waals surface area (Å²) in [5, 5.41) is 5.15. The number of Topliss-reactive ketones (excluding diaryl/α,β-unsaturated/α-hetero) is 1. The van der Waals surface area contributed by atoms with Crippen molar-refractivity contribution >= 4 is 33.8 Å². The van der Waals surface area contributed by atoms with Gasteiger partial charge in [0.15, 0.2) is 5.82 Å². The van der Waals surface area contributed by atoms with Crippen LogP contribution >= 0.6 is 11.3 Å². The number of thiophene rings is 1. The fourth-order valence-corrected chi connectivity index (χ4v) is 3.66. The minimum absolute atomic E-state index is 0.0575. The monoisotopic (exact) mass is 323 g/mol. The van der Waals surface area contributed by atoms with E-state index < -0.39 is 0 Å². The van der Waals surface area contributed by atoms with Gasteiger partial charge in [-0.05, 0) is 23.6 Å². The fraction of sp³-hybridized carbons (Fsp3) is 0.278. The lowest BCUT2D eigenvalue weighted by Gasteiger charge is -2.31. The Bertz CT molecular complexity index is 860. The molecule has 0 radical (unpaired) electrons. The van der Waals surface area contributed by atoms with Crippen LogP contribution in [-0.4, -0.2) is 28.8 Å². The van der Waals surface area contributed by atoms with Crippen LogP contribution in [0.5, 0.6) is 0 Å². The van der Waals surface area contributed by atoms with E-state index in [0.717, 1.165) is 41.2 Å². The highest BCUT2D eigenvalue weighted by atomic mass is 32.1. The first-order valence-electron chi connectivity index (χ1n) is 7.79. The Labute approximate surface area is 138 Å². The van der Waals surface area contributed by atoms with Gasteiger partial charge in [0.05, 0.1) is 5.52 Å². The minimum Gasteiger partial charge on any atom is -0.355 e. The Hall–Kier alpha value is -2.27. The molecule has 1 fully saturated rings. The number of hydrogen-bond donors (Lipinski definition) is 0. The number of para-hydroxylation sites is 1. The summed E-state index contributed by atoms with van der Waals surface area (Å²) in [7, 11) is 0. The van der Waals surface area contributed by atoms with Crippen molar-refractivity contribution in [1.82, 2.24) is 9.97 Å². The molecule has 23 heavy (non-hydrogen) atoms. The van der Waals surface area contributed by atoms with Gasteiger partial charge in [-0.25, -0.2) is 9.97 Å². The van der Waals surface area contributed by atoms with Crippen molar-refractivity contribution in [3.05, 3.63) is 41.1 Å². The van der Waals surface area contributed by atoms with Gasteiger partial charge in [0.1, 0.15) is 11.6 Å². The first-order valence-corrected chi connectivity index (χ1v) is 8.73. The molecule has 5 heteroatoms. The van der Waals surface area contributed by atoms with Crippen LogP contribution in [0.25, 0.3) is 22.3 Å². The van der Waals surface area contributed by atoms with Crippen LogP contribution in [0.4, 0.5) is 5.82 Å². The number of aromatic nitrogens is 2. The first kappa shape index (κ1) is 14.3. The zero-order valence-corrected chi connectivity index (χ0v) is 13.7. The van der Waals surface area contributed by atoms with Gasteiger partial charge in [0.2, 0.25) is 0 Å². The van der Waals surface area contributed by atoms with Crippen LogP contribution in [0, 0.1) is 5.92 Å². The van der Waals surface area contributed by atoms with Crippen LogP contribution < -0.4 is 4.90 Å². The lowest BCUT2D eigenvalue weighted by molar-refractivity contribution is -0.122. The number of piperidine rings is 1. The second kappa shape index (κ2) is 5.74.